The number of anilines is 1. The first kappa shape index (κ1) is 18.0. The lowest BCUT2D eigenvalue weighted by Crippen LogP contribution is -2.48. The zero-order valence-corrected chi connectivity index (χ0v) is 15.4. The van der Waals surface area contributed by atoms with Gasteiger partial charge >= 0.3 is 6.03 Å². The van der Waals surface area contributed by atoms with Crippen LogP contribution in [0.15, 0.2) is 59.1 Å². The smallest absolute Gasteiger partial charge is 0.321 e. The predicted molar refractivity (Wildman–Crippen MR) is 106 cm³/mol. The molecule has 2 N–H and O–H groups in total. The highest BCUT2D eigenvalue weighted by molar-refractivity contribution is 5.89. The van der Waals surface area contributed by atoms with Crippen LogP contribution in [0.3, 0.4) is 0 Å². The molecule has 3 amide bonds. The van der Waals surface area contributed by atoms with E-state index in [4.69, 9.17) is 4.52 Å². The average Bonchev–Trinajstić information content (AvgIpc) is 3.12. The molecule has 2 heterocycles. The number of amides is 3. The molecule has 0 unspecified atom stereocenters. The summed E-state index contributed by atoms with van der Waals surface area (Å²) in [5.41, 5.74) is 2.11. The Balaban J connectivity index is 1.26. The summed E-state index contributed by atoms with van der Waals surface area (Å²) in [6.45, 7) is 1.22. The van der Waals surface area contributed by atoms with E-state index < -0.39 is 0 Å². The lowest BCUT2D eigenvalue weighted by atomic mass is 10.0. The average molecular weight is 378 g/mol. The number of nitrogens with one attached hydrogen (secondary N) is 2. The molecule has 0 atom stereocenters. The minimum atomic E-state index is -0.106. The Kier molecular flexibility index (Phi) is 5.23. The van der Waals surface area contributed by atoms with Crippen LogP contribution < -0.4 is 10.6 Å². The van der Waals surface area contributed by atoms with Crippen LogP contribution in [-0.4, -0.2) is 41.1 Å². The van der Waals surface area contributed by atoms with Crippen molar-refractivity contribution in [1.82, 2.24) is 15.4 Å². The van der Waals surface area contributed by atoms with Gasteiger partial charge in [0.05, 0.1) is 6.42 Å². The standard InChI is InChI=1S/C21H22N4O3/c26-20(14-18-17-8-4-5-9-19(17)28-24-18)22-16-10-12-25(13-11-16)21(27)23-15-6-2-1-3-7-15/h1-9,16H,10-14H2,(H,22,26)(H,23,27). The minimum absolute atomic E-state index is 0.0615. The highest BCUT2D eigenvalue weighted by atomic mass is 16.5. The van der Waals surface area contributed by atoms with Crippen LogP contribution in [0.1, 0.15) is 18.5 Å². The number of nitrogens with zero attached hydrogens (tertiary/aromatic N) is 2. The number of carbonyl (C=O) groups excluding carboxylic acids is 2. The summed E-state index contributed by atoms with van der Waals surface area (Å²) in [6, 6.07) is 16.9. The molecule has 2 aromatic carbocycles. The minimum Gasteiger partial charge on any atom is -0.356 e. The van der Waals surface area contributed by atoms with Crippen LogP contribution in [0, 0.1) is 0 Å². The van der Waals surface area contributed by atoms with Crippen LogP contribution in [-0.2, 0) is 11.2 Å². The van der Waals surface area contributed by atoms with E-state index in [0.29, 0.717) is 24.4 Å². The third kappa shape index (κ3) is 4.14. The Morgan fingerprint density at radius 2 is 1.75 bits per heavy atom. The molecule has 1 aliphatic rings. The summed E-state index contributed by atoms with van der Waals surface area (Å²) < 4.78 is 5.25. The molecule has 7 nitrogen and oxygen atoms in total. The molecular formula is C21H22N4O3. The molecule has 1 aliphatic heterocycles. The molecule has 0 bridgehead atoms. The Bertz CT molecular complexity index is 962. The molecule has 4 rings (SSSR count). The van der Waals surface area contributed by atoms with Gasteiger partial charge in [-0.25, -0.2) is 4.79 Å². The van der Waals surface area contributed by atoms with Gasteiger partial charge in [0, 0.05) is 30.2 Å². The van der Waals surface area contributed by atoms with Gasteiger partial charge in [-0.1, -0.05) is 35.5 Å². The molecule has 1 aromatic heterocycles. The van der Waals surface area contributed by atoms with E-state index in [9.17, 15) is 9.59 Å². The summed E-state index contributed by atoms with van der Waals surface area (Å²) in [4.78, 5) is 26.5. The Labute approximate surface area is 162 Å². The second-order valence-corrected chi connectivity index (χ2v) is 6.93. The first-order chi connectivity index (χ1) is 13.7. The van der Waals surface area contributed by atoms with E-state index in [-0.39, 0.29) is 24.4 Å². The van der Waals surface area contributed by atoms with E-state index in [2.05, 4.69) is 15.8 Å². The maximum atomic E-state index is 12.4. The van der Waals surface area contributed by atoms with Crippen LogP contribution in [0.2, 0.25) is 0 Å². The third-order valence-corrected chi connectivity index (χ3v) is 4.95. The predicted octanol–water partition coefficient (Wildman–Crippen LogP) is 3.18. The fourth-order valence-corrected chi connectivity index (χ4v) is 3.45. The lowest BCUT2D eigenvalue weighted by molar-refractivity contribution is -0.121. The molecule has 3 aromatic rings. The number of rotatable bonds is 4. The van der Waals surface area contributed by atoms with Crippen LogP contribution >= 0.6 is 0 Å². The fourth-order valence-electron chi connectivity index (χ4n) is 3.45. The van der Waals surface area contributed by atoms with E-state index in [0.717, 1.165) is 23.9 Å². The monoisotopic (exact) mass is 378 g/mol. The molecule has 0 spiro atoms. The van der Waals surface area contributed by atoms with Gasteiger partial charge in [-0.15, -0.1) is 0 Å². The van der Waals surface area contributed by atoms with Crippen molar-refractivity contribution in [2.75, 3.05) is 18.4 Å². The highest BCUT2D eigenvalue weighted by Gasteiger charge is 2.24. The maximum absolute atomic E-state index is 12.4. The number of piperidine rings is 1. The van der Waals surface area contributed by atoms with Gasteiger partial charge in [-0.3, -0.25) is 4.79 Å². The Morgan fingerprint density at radius 3 is 2.54 bits per heavy atom. The summed E-state index contributed by atoms with van der Waals surface area (Å²) in [5.74, 6) is -0.0776. The maximum Gasteiger partial charge on any atom is 0.321 e. The summed E-state index contributed by atoms with van der Waals surface area (Å²) in [5, 5.41) is 10.8. The van der Waals surface area contributed by atoms with Crippen molar-refractivity contribution < 1.29 is 14.1 Å². The zero-order valence-electron chi connectivity index (χ0n) is 15.4. The van der Waals surface area contributed by atoms with Gasteiger partial charge in [0.25, 0.3) is 0 Å². The normalized spacial score (nSPS) is 14.8. The number of benzene rings is 2. The largest absolute Gasteiger partial charge is 0.356 e. The second kappa shape index (κ2) is 8.12. The molecule has 1 saturated heterocycles. The molecular weight excluding hydrogens is 356 g/mol. The number of aromatic nitrogens is 1. The summed E-state index contributed by atoms with van der Waals surface area (Å²) in [6.07, 6.45) is 1.65. The first-order valence-electron chi connectivity index (χ1n) is 9.42. The Hall–Kier alpha value is -3.35. The molecule has 7 heteroatoms. The van der Waals surface area contributed by atoms with E-state index >= 15 is 0 Å². The second-order valence-electron chi connectivity index (χ2n) is 6.93. The molecule has 28 heavy (non-hydrogen) atoms. The number of para-hydroxylation sites is 2. The van der Waals surface area contributed by atoms with Gasteiger partial charge in [0.15, 0.2) is 5.58 Å². The third-order valence-electron chi connectivity index (χ3n) is 4.95. The highest BCUT2D eigenvalue weighted by Crippen LogP contribution is 2.18. The van der Waals surface area contributed by atoms with Crippen LogP contribution in [0.4, 0.5) is 10.5 Å². The van der Waals surface area contributed by atoms with Crippen molar-refractivity contribution in [2.45, 2.75) is 25.3 Å². The van der Waals surface area contributed by atoms with E-state index in [1.54, 1.807) is 4.90 Å². The number of likely N-dealkylation sites (tertiary alicyclic amines) is 1. The van der Waals surface area contributed by atoms with Gasteiger partial charge in [0.1, 0.15) is 5.69 Å². The molecule has 0 radical (unpaired) electrons. The molecule has 1 fully saturated rings. The summed E-state index contributed by atoms with van der Waals surface area (Å²) in [7, 11) is 0. The molecule has 0 aliphatic carbocycles. The molecule has 144 valence electrons. The topological polar surface area (TPSA) is 87.5 Å². The van der Waals surface area contributed by atoms with Crippen molar-refractivity contribution in [3.63, 3.8) is 0 Å². The van der Waals surface area contributed by atoms with Crippen molar-refractivity contribution in [2.24, 2.45) is 0 Å². The van der Waals surface area contributed by atoms with Gasteiger partial charge in [0.2, 0.25) is 5.91 Å². The number of carbonyl (C=O) groups is 2. The summed E-state index contributed by atoms with van der Waals surface area (Å²) >= 11 is 0. The van der Waals surface area contributed by atoms with Crippen molar-refractivity contribution in [3.8, 4) is 0 Å². The SMILES string of the molecule is O=C(Cc1noc2ccccc12)NC1CCN(C(=O)Nc2ccccc2)CC1. The van der Waals surface area contributed by atoms with E-state index in [1.807, 2.05) is 54.6 Å². The molecule has 0 saturated carbocycles. The fraction of sp³-hybridized carbons (Fsp3) is 0.286. The van der Waals surface area contributed by atoms with Crippen molar-refractivity contribution in [3.05, 3.63) is 60.3 Å². The lowest BCUT2D eigenvalue weighted by Gasteiger charge is -2.32. The first-order valence-corrected chi connectivity index (χ1v) is 9.42. The van der Waals surface area contributed by atoms with Gasteiger partial charge in [-0.05, 0) is 37.1 Å². The van der Waals surface area contributed by atoms with Gasteiger partial charge < -0.3 is 20.1 Å². The van der Waals surface area contributed by atoms with Crippen LogP contribution in [0.25, 0.3) is 11.0 Å². The number of hydrogen-bond donors (Lipinski definition) is 2. The van der Waals surface area contributed by atoms with Crippen molar-refractivity contribution >= 4 is 28.6 Å². The number of fused-ring (bicyclic) bond motifs is 1. The quantitative estimate of drug-likeness (QED) is 0.730. The van der Waals surface area contributed by atoms with Gasteiger partial charge in [-0.2, -0.15) is 0 Å². The van der Waals surface area contributed by atoms with Crippen molar-refractivity contribution in [1.29, 1.82) is 0 Å². The van der Waals surface area contributed by atoms with Crippen LogP contribution in [0.5, 0.6) is 0 Å². The Morgan fingerprint density at radius 1 is 1.04 bits per heavy atom. The van der Waals surface area contributed by atoms with E-state index in [1.165, 1.54) is 0 Å². The zero-order chi connectivity index (χ0) is 19.3. The number of urea groups is 1. The number of hydrogen-bond acceptors (Lipinski definition) is 4.